The topological polar surface area (TPSA) is 215 Å². The van der Waals surface area contributed by atoms with E-state index in [1.807, 2.05) is 164 Å². The maximum absolute atomic E-state index is 13.1. The number of carbonyl (C=O) groups excluding carboxylic acids is 6. The van der Waals surface area contributed by atoms with Gasteiger partial charge in [0.1, 0.15) is 29.4 Å². The van der Waals surface area contributed by atoms with Gasteiger partial charge in [0.05, 0.1) is 6.54 Å². The molecule has 0 aliphatic carbocycles. The summed E-state index contributed by atoms with van der Waals surface area (Å²) in [5.74, 6) is 0.463. The third-order valence-electron chi connectivity index (χ3n) is 13.2. The maximum Gasteiger partial charge on any atom is 0.243 e. The van der Waals surface area contributed by atoms with Gasteiger partial charge in [-0.3, -0.25) is 28.8 Å². The predicted molar refractivity (Wildman–Crippen MR) is 342 cm³/mol. The number of fused-ring (bicyclic) bond motifs is 2. The number of phenols is 2. The van der Waals surface area contributed by atoms with E-state index in [1.165, 1.54) is 11.1 Å². The molecule has 0 aromatic heterocycles. The molecule has 14 nitrogen and oxygen atoms in total. The molecule has 7 aromatic rings. The Morgan fingerprint density at radius 1 is 0.524 bits per heavy atom. The smallest absolute Gasteiger partial charge is 0.243 e. The van der Waals surface area contributed by atoms with E-state index in [-0.39, 0.29) is 47.8 Å². The Morgan fingerprint density at radius 3 is 1.44 bits per heavy atom. The van der Waals surface area contributed by atoms with E-state index in [0.717, 1.165) is 64.0 Å². The lowest BCUT2D eigenvalue weighted by Crippen LogP contribution is -2.50. The van der Waals surface area contributed by atoms with Crippen LogP contribution in [0.4, 0.5) is 0 Å². The van der Waals surface area contributed by atoms with Crippen molar-refractivity contribution in [1.29, 1.82) is 0 Å². The second-order valence-corrected chi connectivity index (χ2v) is 21.6. The summed E-state index contributed by atoms with van der Waals surface area (Å²) in [4.78, 5) is 72.3. The number of phenolic OH excluding ortho intramolecular Hbond substituents is 2. The Balaban J connectivity index is 0.000000325. The summed E-state index contributed by atoms with van der Waals surface area (Å²) in [6.45, 7) is 22.0. The molecule has 4 amide bonds. The molecule has 0 unspecified atom stereocenters. The molecule has 0 aliphatic rings. The molecule has 0 saturated carbocycles. The highest BCUT2D eigenvalue weighted by molar-refractivity contribution is 5.96. The fourth-order valence-corrected chi connectivity index (χ4v) is 8.31. The summed E-state index contributed by atoms with van der Waals surface area (Å²) >= 11 is 0. The predicted octanol–water partition coefficient (Wildman–Crippen LogP) is 11.6. The van der Waals surface area contributed by atoms with Gasteiger partial charge in [0.25, 0.3) is 0 Å². The number of aryl methyl sites for hydroxylation is 2. The van der Waals surface area contributed by atoms with E-state index in [2.05, 4.69) is 58.7 Å². The molecule has 2 atom stereocenters. The number of nitrogens with one attached hydrogen (secondary N) is 6. The van der Waals surface area contributed by atoms with E-state index in [0.29, 0.717) is 68.3 Å². The first-order valence-corrected chi connectivity index (χ1v) is 29.3. The molecule has 450 valence electrons. The Hall–Kier alpha value is -8.20. The van der Waals surface area contributed by atoms with Crippen LogP contribution in [0.2, 0.25) is 0 Å². The average Bonchev–Trinajstić information content (AvgIpc) is 3.70. The van der Waals surface area contributed by atoms with Crippen LogP contribution >= 0.6 is 0 Å². The number of hydrogen-bond acceptors (Lipinski definition) is 10. The Kier molecular flexibility index (Phi) is 32.8. The van der Waals surface area contributed by atoms with Crippen LogP contribution in [0.5, 0.6) is 11.5 Å². The molecule has 7 aromatic carbocycles. The zero-order chi connectivity index (χ0) is 61.8. The van der Waals surface area contributed by atoms with Crippen LogP contribution in [0.25, 0.3) is 21.5 Å². The van der Waals surface area contributed by atoms with E-state index >= 15 is 0 Å². The van der Waals surface area contributed by atoms with Crippen molar-refractivity contribution in [1.82, 2.24) is 31.9 Å². The monoisotopic (exact) mass is 1140 g/mol. The number of Topliss-reactive ketones (excluding diaryl/α,β-unsaturated/α-hetero) is 2. The van der Waals surface area contributed by atoms with Crippen molar-refractivity contribution in [3.8, 4) is 11.5 Å². The minimum absolute atomic E-state index is 0.0868. The lowest BCUT2D eigenvalue weighted by Gasteiger charge is -2.20. The Labute approximate surface area is 499 Å². The fourth-order valence-electron chi connectivity index (χ4n) is 8.31. The number of unbranched alkanes of at least 4 members (excludes halogenated alkanes) is 2. The minimum Gasteiger partial charge on any atom is -0.508 e. The molecular weight excluding hydrogens is 1050 g/mol. The van der Waals surface area contributed by atoms with Gasteiger partial charge >= 0.3 is 0 Å². The second kappa shape index (κ2) is 39.3. The molecule has 8 N–H and O–H groups in total. The van der Waals surface area contributed by atoms with Crippen molar-refractivity contribution in [3.05, 3.63) is 191 Å². The van der Waals surface area contributed by atoms with Crippen molar-refractivity contribution < 1.29 is 39.0 Å². The van der Waals surface area contributed by atoms with Crippen LogP contribution in [-0.2, 0) is 43.4 Å². The quantitative estimate of drug-likeness (QED) is 0.0154. The standard InChI is InChI=1S/C28H33N3O3.C23H30N2O3.2C7H8O.C5H13N/c1-4-26(32)23-13-9-20(10-14-23)17-30-28(34)25(31-27(33)18-29-19(2)3)16-21-11-12-22-7-5-6-8-24(22)15-21;1-17(2)22(27)10-4-3-7-13-24-23(28)21(25-16-26)15-18-11-12-19-8-5-6-9-20(19)14-18;2*1-6-2-4-7(8)5-3-6;1-4-6-5(2)3/h5-15,19,25,29H,4,16-18H2,1-3H3,(H,30,34)(H,31,33);5-6,8-9,11-12,14,16-17,21H,3-4,7,10,13,15H2,1-2H3,(H,24,28)(H,25,26);2*2-5,8H,1H3;5-6H,4H2,1-3H3/t25-;21-;;;/m00.../s1. The highest BCUT2D eigenvalue weighted by atomic mass is 16.3. The van der Waals surface area contributed by atoms with Crippen molar-refractivity contribution in [2.24, 2.45) is 5.92 Å². The van der Waals surface area contributed by atoms with Gasteiger partial charge in [-0.15, -0.1) is 0 Å². The number of aromatic hydroxyl groups is 2. The van der Waals surface area contributed by atoms with E-state index in [9.17, 15) is 28.8 Å². The van der Waals surface area contributed by atoms with E-state index < -0.39 is 12.1 Å². The van der Waals surface area contributed by atoms with Gasteiger partial charge in [0.15, 0.2) is 5.78 Å². The summed E-state index contributed by atoms with van der Waals surface area (Å²) < 4.78 is 0. The number of hydrogen-bond donors (Lipinski definition) is 8. The third-order valence-corrected chi connectivity index (χ3v) is 13.2. The summed E-state index contributed by atoms with van der Waals surface area (Å²) in [6.07, 6.45) is 5.02. The zero-order valence-electron chi connectivity index (χ0n) is 51.1. The SMILES string of the molecule is CC(C)C(=O)CCCCCNC(=O)[C@H](Cc1ccc2ccccc2c1)NC=O.CCC(=O)c1ccc(CNC(=O)[C@H](Cc2ccc3ccccc3c2)NC(=O)CNC(C)C)cc1.CCNC(C)C.Cc1ccc(O)cc1.Cc1ccc(O)cc1. The largest absolute Gasteiger partial charge is 0.508 e. The Bertz CT molecular complexity index is 2980. The molecule has 7 rings (SSSR count). The summed E-state index contributed by atoms with van der Waals surface area (Å²) in [5.41, 5.74) is 5.86. The second-order valence-electron chi connectivity index (χ2n) is 21.6. The third kappa shape index (κ3) is 28.7. The first-order chi connectivity index (χ1) is 40.2. The van der Waals surface area contributed by atoms with Crippen LogP contribution in [-0.4, -0.2) is 89.7 Å². The van der Waals surface area contributed by atoms with Gasteiger partial charge in [0, 0.05) is 62.3 Å². The zero-order valence-corrected chi connectivity index (χ0v) is 51.1. The van der Waals surface area contributed by atoms with Gasteiger partial charge in [-0.05, 0) is 95.7 Å². The van der Waals surface area contributed by atoms with E-state index in [4.69, 9.17) is 10.2 Å². The van der Waals surface area contributed by atoms with Gasteiger partial charge in [-0.25, -0.2) is 0 Å². The maximum atomic E-state index is 13.1. The van der Waals surface area contributed by atoms with Crippen LogP contribution in [0.1, 0.15) is 126 Å². The van der Waals surface area contributed by atoms with Gasteiger partial charge in [-0.1, -0.05) is 206 Å². The van der Waals surface area contributed by atoms with Crippen molar-refractivity contribution in [3.63, 3.8) is 0 Å². The molecule has 0 heterocycles. The molecule has 0 bridgehead atoms. The van der Waals surface area contributed by atoms with Gasteiger partial charge in [0.2, 0.25) is 24.1 Å². The summed E-state index contributed by atoms with van der Waals surface area (Å²) in [6, 6.07) is 49.2. The highest BCUT2D eigenvalue weighted by Crippen LogP contribution is 2.19. The van der Waals surface area contributed by atoms with Crippen molar-refractivity contribution in [2.75, 3.05) is 19.6 Å². The number of rotatable bonds is 25. The number of ketones is 2. The van der Waals surface area contributed by atoms with Crippen LogP contribution in [0.3, 0.4) is 0 Å². The van der Waals surface area contributed by atoms with Crippen LogP contribution in [0.15, 0.2) is 158 Å². The molecule has 0 spiro atoms. The molecule has 0 radical (unpaired) electrons. The van der Waals surface area contributed by atoms with Crippen LogP contribution < -0.4 is 31.9 Å². The van der Waals surface area contributed by atoms with Crippen LogP contribution in [0, 0.1) is 19.8 Å². The minimum atomic E-state index is -0.705. The normalized spacial score (nSPS) is 11.2. The van der Waals surface area contributed by atoms with Gasteiger partial charge < -0.3 is 42.1 Å². The van der Waals surface area contributed by atoms with Crippen molar-refractivity contribution >= 4 is 57.2 Å². The lowest BCUT2D eigenvalue weighted by molar-refractivity contribution is -0.128. The molecular formula is C70H92N6O8. The molecule has 14 heteroatoms. The lowest BCUT2D eigenvalue weighted by atomic mass is 10.0. The molecule has 0 fully saturated rings. The Morgan fingerprint density at radius 2 is 1.00 bits per heavy atom. The molecule has 0 saturated heterocycles. The first-order valence-electron chi connectivity index (χ1n) is 29.3. The summed E-state index contributed by atoms with van der Waals surface area (Å²) in [5, 5.41) is 39.6. The summed E-state index contributed by atoms with van der Waals surface area (Å²) in [7, 11) is 0. The van der Waals surface area contributed by atoms with Gasteiger partial charge in [-0.2, -0.15) is 0 Å². The number of carbonyl (C=O) groups is 6. The average molecular weight is 1150 g/mol. The molecule has 0 aliphatic heterocycles. The van der Waals surface area contributed by atoms with Crippen molar-refractivity contribution in [2.45, 2.75) is 145 Å². The first kappa shape index (κ1) is 70.1. The molecule has 84 heavy (non-hydrogen) atoms. The fraction of sp³-hybridized carbons (Fsp3) is 0.371. The number of benzene rings is 7. The number of amides is 4. The highest BCUT2D eigenvalue weighted by Gasteiger charge is 2.22. The van der Waals surface area contributed by atoms with E-state index in [1.54, 1.807) is 36.4 Å².